The number of nitrogens with zero attached hydrogens (tertiary/aromatic N) is 2. The molecule has 2 rings (SSSR count). The molecule has 0 radical (unpaired) electrons. The molecule has 2 fully saturated rings. The minimum Gasteiger partial charge on any atom is -0.374 e. The second-order valence-electron chi connectivity index (χ2n) is 7.37. The van der Waals surface area contributed by atoms with Crippen molar-refractivity contribution < 1.29 is 9.53 Å². The lowest BCUT2D eigenvalue weighted by Gasteiger charge is -2.39. The zero-order valence-electron chi connectivity index (χ0n) is 13.3. The van der Waals surface area contributed by atoms with Crippen LogP contribution < -0.4 is 5.32 Å². The van der Waals surface area contributed by atoms with E-state index in [0.717, 1.165) is 39.2 Å². The van der Waals surface area contributed by atoms with E-state index in [9.17, 15) is 4.79 Å². The fraction of sp³-hybridized carbons (Fsp3) is 0.933. The van der Waals surface area contributed by atoms with Crippen LogP contribution in [-0.4, -0.2) is 67.3 Å². The molecule has 5 heteroatoms. The van der Waals surface area contributed by atoms with Crippen LogP contribution in [0.25, 0.3) is 0 Å². The van der Waals surface area contributed by atoms with E-state index >= 15 is 0 Å². The molecule has 2 unspecified atom stereocenters. The molecule has 116 valence electrons. The average molecular weight is 283 g/mol. The van der Waals surface area contributed by atoms with Crippen molar-refractivity contribution in [3.63, 3.8) is 0 Å². The maximum absolute atomic E-state index is 11.9. The molecule has 2 amide bonds. The zero-order valence-corrected chi connectivity index (χ0v) is 13.3. The van der Waals surface area contributed by atoms with Crippen LogP contribution in [0.3, 0.4) is 0 Å². The van der Waals surface area contributed by atoms with Crippen LogP contribution in [0.4, 0.5) is 4.79 Å². The van der Waals surface area contributed by atoms with Gasteiger partial charge in [-0.05, 0) is 18.8 Å². The van der Waals surface area contributed by atoms with Gasteiger partial charge in [-0.15, -0.1) is 0 Å². The number of hydrogen-bond donors (Lipinski definition) is 1. The molecular weight excluding hydrogens is 254 g/mol. The molecule has 2 saturated heterocycles. The second-order valence-corrected chi connectivity index (χ2v) is 7.37. The molecule has 2 heterocycles. The number of morpholine rings is 1. The van der Waals surface area contributed by atoms with E-state index in [2.05, 4.69) is 37.9 Å². The van der Waals surface area contributed by atoms with Crippen molar-refractivity contribution >= 4 is 6.03 Å². The number of urea groups is 1. The molecule has 0 spiro atoms. The molecule has 0 saturated carbocycles. The summed E-state index contributed by atoms with van der Waals surface area (Å²) in [5.41, 5.74) is 0.305. The highest BCUT2D eigenvalue weighted by molar-refractivity contribution is 5.75. The number of amides is 2. The third kappa shape index (κ3) is 4.63. The van der Waals surface area contributed by atoms with E-state index in [1.807, 2.05) is 4.90 Å². The van der Waals surface area contributed by atoms with Gasteiger partial charge in [0.2, 0.25) is 0 Å². The van der Waals surface area contributed by atoms with Crippen molar-refractivity contribution in [1.82, 2.24) is 15.1 Å². The molecule has 5 nitrogen and oxygen atoms in total. The van der Waals surface area contributed by atoms with E-state index in [4.69, 9.17) is 4.74 Å². The molecule has 2 aliphatic heterocycles. The van der Waals surface area contributed by atoms with E-state index in [1.165, 1.54) is 0 Å². The van der Waals surface area contributed by atoms with Gasteiger partial charge in [-0.2, -0.15) is 0 Å². The first-order chi connectivity index (χ1) is 9.33. The Labute approximate surface area is 122 Å². The highest BCUT2D eigenvalue weighted by Crippen LogP contribution is 2.18. The molecule has 2 atom stereocenters. The lowest BCUT2D eigenvalue weighted by Crippen LogP contribution is -2.55. The molecule has 0 aliphatic carbocycles. The van der Waals surface area contributed by atoms with Crippen LogP contribution in [0.15, 0.2) is 0 Å². The van der Waals surface area contributed by atoms with Gasteiger partial charge in [0.05, 0.1) is 12.7 Å². The Morgan fingerprint density at radius 1 is 1.35 bits per heavy atom. The summed E-state index contributed by atoms with van der Waals surface area (Å²) in [5, 5.41) is 2.99. The minimum atomic E-state index is 0.0558. The third-order valence-electron chi connectivity index (χ3n) is 3.83. The largest absolute Gasteiger partial charge is 0.374 e. The van der Waals surface area contributed by atoms with E-state index in [1.54, 1.807) is 0 Å². The van der Waals surface area contributed by atoms with Crippen LogP contribution >= 0.6 is 0 Å². The lowest BCUT2D eigenvalue weighted by atomic mass is 9.95. The molecule has 2 aliphatic rings. The van der Waals surface area contributed by atoms with Crippen LogP contribution in [0, 0.1) is 5.41 Å². The van der Waals surface area contributed by atoms with Crippen LogP contribution in [0.1, 0.15) is 34.1 Å². The van der Waals surface area contributed by atoms with Gasteiger partial charge >= 0.3 is 6.03 Å². The Hall–Kier alpha value is -0.810. The van der Waals surface area contributed by atoms with Crippen molar-refractivity contribution in [2.75, 3.05) is 39.3 Å². The standard InChI is InChI=1S/C15H29N3O2/c1-12-5-6-18(14(19)16-12)10-13-9-17(7-8-20-13)11-15(2,3)4/h12-13H,5-11H2,1-4H3,(H,16,19). The van der Waals surface area contributed by atoms with E-state index in [-0.39, 0.29) is 12.1 Å². The summed E-state index contributed by atoms with van der Waals surface area (Å²) in [5.74, 6) is 0. The summed E-state index contributed by atoms with van der Waals surface area (Å²) >= 11 is 0. The van der Waals surface area contributed by atoms with Gasteiger partial charge in [0.25, 0.3) is 0 Å². The Bertz CT molecular complexity index is 341. The molecule has 0 aromatic heterocycles. The normalized spacial score (nSPS) is 29.4. The summed E-state index contributed by atoms with van der Waals surface area (Å²) < 4.78 is 5.84. The average Bonchev–Trinajstić information content (AvgIpc) is 2.31. The number of carbonyl (C=O) groups excluding carboxylic acids is 1. The summed E-state index contributed by atoms with van der Waals surface area (Å²) in [7, 11) is 0. The quantitative estimate of drug-likeness (QED) is 0.854. The maximum atomic E-state index is 11.9. The van der Waals surface area contributed by atoms with Crippen LogP contribution in [-0.2, 0) is 4.74 Å². The summed E-state index contributed by atoms with van der Waals surface area (Å²) in [6.07, 6.45) is 1.16. The molecular formula is C15H29N3O2. The number of rotatable bonds is 3. The fourth-order valence-electron chi connectivity index (χ4n) is 2.95. The van der Waals surface area contributed by atoms with Gasteiger partial charge in [0.1, 0.15) is 0 Å². The van der Waals surface area contributed by atoms with Crippen molar-refractivity contribution in [3.8, 4) is 0 Å². The summed E-state index contributed by atoms with van der Waals surface area (Å²) in [6, 6.07) is 0.351. The predicted octanol–water partition coefficient (Wildman–Crippen LogP) is 1.54. The van der Waals surface area contributed by atoms with Crippen LogP contribution in [0.5, 0.6) is 0 Å². The third-order valence-corrected chi connectivity index (χ3v) is 3.83. The van der Waals surface area contributed by atoms with Crippen molar-refractivity contribution in [2.24, 2.45) is 5.41 Å². The number of nitrogens with one attached hydrogen (secondary N) is 1. The first-order valence-electron chi connectivity index (χ1n) is 7.73. The fourth-order valence-corrected chi connectivity index (χ4v) is 2.95. The number of carbonyl (C=O) groups is 1. The van der Waals surface area contributed by atoms with Gasteiger partial charge in [-0.1, -0.05) is 20.8 Å². The summed E-state index contributed by atoms with van der Waals surface area (Å²) in [6.45, 7) is 14.2. The van der Waals surface area contributed by atoms with E-state index in [0.29, 0.717) is 18.0 Å². The Morgan fingerprint density at radius 2 is 2.10 bits per heavy atom. The molecule has 0 bridgehead atoms. The van der Waals surface area contributed by atoms with Gasteiger partial charge in [0, 0.05) is 38.8 Å². The molecule has 0 aromatic carbocycles. The van der Waals surface area contributed by atoms with E-state index < -0.39 is 0 Å². The maximum Gasteiger partial charge on any atom is 0.317 e. The van der Waals surface area contributed by atoms with Crippen LogP contribution in [0.2, 0.25) is 0 Å². The van der Waals surface area contributed by atoms with Crippen molar-refractivity contribution in [2.45, 2.75) is 46.3 Å². The summed E-state index contributed by atoms with van der Waals surface area (Å²) in [4.78, 5) is 16.3. The molecule has 1 N–H and O–H groups in total. The topological polar surface area (TPSA) is 44.8 Å². The monoisotopic (exact) mass is 283 g/mol. The van der Waals surface area contributed by atoms with Gasteiger partial charge in [-0.3, -0.25) is 4.90 Å². The zero-order chi connectivity index (χ0) is 14.8. The molecule has 20 heavy (non-hydrogen) atoms. The smallest absolute Gasteiger partial charge is 0.317 e. The first-order valence-corrected chi connectivity index (χ1v) is 7.73. The highest BCUT2D eigenvalue weighted by atomic mass is 16.5. The second kappa shape index (κ2) is 6.31. The predicted molar refractivity (Wildman–Crippen MR) is 79.8 cm³/mol. The van der Waals surface area contributed by atoms with Gasteiger partial charge < -0.3 is 15.0 Å². The first kappa shape index (κ1) is 15.6. The number of ether oxygens (including phenoxy) is 1. The van der Waals surface area contributed by atoms with Crippen molar-refractivity contribution in [1.29, 1.82) is 0 Å². The van der Waals surface area contributed by atoms with Gasteiger partial charge in [-0.25, -0.2) is 4.79 Å². The number of hydrogen-bond acceptors (Lipinski definition) is 3. The Morgan fingerprint density at radius 3 is 2.75 bits per heavy atom. The Kier molecular flexibility index (Phi) is 4.91. The Balaban J connectivity index is 1.82. The highest BCUT2D eigenvalue weighted by Gasteiger charge is 2.29. The SMILES string of the molecule is CC1CCN(CC2CN(CC(C)(C)C)CCO2)C(=O)N1. The van der Waals surface area contributed by atoms with Crippen molar-refractivity contribution in [3.05, 3.63) is 0 Å². The molecule has 0 aromatic rings. The van der Waals surface area contributed by atoms with Gasteiger partial charge in [0.15, 0.2) is 0 Å². The lowest BCUT2D eigenvalue weighted by molar-refractivity contribution is -0.0474. The minimum absolute atomic E-state index is 0.0558.